The highest BCUT2D eigenvalue weighted by molar-refractivity contribution is 6.27. The van der Waals surface area contributed by atoms with Gasteiger partial charge in [0, 0.05) is 16.2 Å². The van der Waals surface area contributed by atoms with Gasteiger partial charge in [-0.15, -0.1) is 0 Å². The summed E-state index contributed by atoms with van der Waals surface area (Å²) in [5.74, 6) is 0. The van der Waals surface area contributed by atoms with Crippen LogP contribution in [0, 0.1) is 68.0 Å². The van der Waals surface area contributed by atoms with E-state index in [-0.39, 0.29) is 49.8 Å². The molecule has 0 aliphatic heterocycles. The Kier molecular flexibility index (Phi) is 3.94. The van der Waals surface area contributed by atoms with Crippen molar-refractivity contribution in [3.63, 3.8) is 0 Å². The molecule has 0 atom stereocenters. The fourth-order valence-electron chi connectivity index (χ4n) is 3.72. The van der Waals surface area contributed by atoms with E-state index in [1.54, 1.807) is 24.3 Å². The number of aromatic nitrogens is 1. The molecule has 0 amide bonds. The summed E-state index contributed by atoms with van der Waals surface area (Å²) in [6.07, 6.45) is 0. The predicted octanol–water partition coefficient (Wildman–Crippen LogP) is 3.77. The molecule has 4 aromatic rings. The zero-order valence-electron chi connectivity index (χ0n) is 15.0. The second-order valence-corrected chi connectivity index (χ2v) is 6.25. The van der Waals surface area contributed by atoms with E-state index in [2.05, 4.69) is 4.98 Å². The van der Waals surface area contributed by atoms with Gasteiger partial charge in [-0.3, -0.25) is 0 Å². The van der Waals surface area contributed by atoms with Gasteiger partial charge in [0.25, 0.3) is 0 Å². The molecule has 0 bridgehead atoms. The van der Waals surface area contributed by atoms with E-state index in [1.807, 2.05) is 36.4 Å². The first-order valence-corrected chi connectivity index (χ1v) is 8.44. The molecule has 7 heteroatoms. The number of hydrogen-bond acceptors (Lipinski definition) is 7. The van der Waals surface area contributed by atoms with E-state index >= 15 is 0 Å². The number of benzene rings is 3. The van der Waals surface area contributed by atoms with Crippen molar-refractivity contribution < 1.29 is 0 Å². The van der Waals surface area contributed by atoms with Gasteiger partial charge in [-0.05, 0) is 16.8 Å². The van der Waals surface area contributed by atoms with Crippen LogP contribution in [-0.4, -0.2) is 4.98 Å². The first-order valence-electron chi connectivity index (χ1n) is 8.44. The highest BCUT2D eigenvalue weighted by Gasteiger charge is 2.24. The molecule has 1 aromatic heterocycles. The quantitative estimate of drug-likeness (QED) is 0.421. The lowest BCUT2D eigenvalue weighted by atomic mass is 9.87. The van der Waals surface area contributed by atoms with Gasteiger partial charge in [0.1, 0.15) is 42.0 Å². The van der Waals surface area contributed by atoms with Gasteiger partial charge >= 0.3 is 0 Å². The summed E-state index contributed by atoms with van der Waals surface area (Å²) in [7, 11) is 0. The third-order valence-electron chi connectivity index (χ3n) is 4.92. The SMILES string of the molecule is N#Cc1cc2c3ccccc3c3nc(C#N)c(C#N)c(C#N)c3c2c(C#N)c1C#N. The van der Waals surface area contributed by atoms with Crippen LogP contribution in [0.15, 0.2) is 30.3 Å². The Labute approximate surface area is 169 Å². The van der Waals surface area contributed by atoms with E-state index in [4.69, 9.17) is 0 Å². The van der Waals surface area contributed by atoms with Crippen LogP contribution in [0.5, 0.6) is 0 Å². The number of fused-ring (bicyclic) bond motifs is 6. The molecule has 0 radical (unpaired) electrons. The summed E-state index contributed by atoms with van der Waals surface area (Å²) in [6.45, 7) is 0. The molecule has 0 aliphatic rings. The zero-order chi connectivity index (χ0) is 21.4. The van der Waals surface area contributed by atoms with Crippen molar-refractivity contribution >= 4 is 32.4 Å². The maximum atomic E-state index is 9.86. The second-order valence-electron chi connectivity index (χ2n) is 6.25. The number of nitriles is 6. The highest BCUT2D eigenvalue weighted by Crippen LogP contribution is 2.40. The molecule has 0 aliphatic carbocycles. The lowest BCUT2D eigenvalue weighted by Gasteiger charge is -2.14. The average molecular weight is 379 g/mol. The van der Waals surface area contributed by atoms with E-state index < -0.39 is 0 Å². The number of pyridine rings is 1. The van der Waals surface area contributed by atoms with Gasteiger partial charge in [0.05, 0.1) is 27.8 Å². The molecule has 1 heterocycles. The number of hydrogen-bond donors (Lipinski definition) is 0. The van der Waals surface area contributed by atoms with Crippen molar-refractivity contribution in [3.05, 3.63) is 63.8 Å². The van der Waals surface area contributed by atoms with Crippen molar-refractivity contribution in [2.45, 2.75) is 0 Å². The molecular formula is C23H5N7. The fourth-order valence-corrected chi connectivity index (χ4v) is 3.72. The summed E-state index contributed by atoms with van der Waals surface area (Å²) in [5, 5.41) is 60.0. The summed E-state index contributed by atoms with van der Waals surface area (Å²) in [4.78, 5) is 4.33. The Bertz CT molecular complexity index is 1580. The summed E-state index contributed by atoms with van der Waals surface area (Å²) in [5.41, 5.74) is -0.374. The standard InChI is InChI=1S/C23H5N7/c24-6-12-5-15-13-3-1-2-4-14(13)23-22(21(15)18(9-27)16(12)7-25)19(10-28)17(8-26)20(11-29)30-23/h1-5H. The van der Waals surface area contributed by atoms with Crippen LogP contribution in [0.1, 0.15) is 33.5 Å². The van der Waals surface area contributed by atoms with Crippen molar-refractivity contribution in [1.29, 1.82) is 31.6 Å². The van der Waals surface area contributed by atoms with Crippen LogP contribution >= 0.6 is 0 Å². The second kappa shape index (κ2) is 6.60. The minimum Gasteiger partial charge on any atom is -0.235 e. The van der Waals surface area contributed by atoms with Gasteiger partial charge in [-0.25, -0.2) is 4.98 Å². The van der Waals surface area contributed by atoms with Crippen LogP contribution in [-0.2, 0) is 0 Å². The molecule has 132 valence electrons. The van der Waals surface area contributed by atoms with E-state index in [9.17, 15) is 31.6 Å². The summed E-state index contributed by atoms with van der Waals surface area (Å²) >= 11 is 0. The zero-order valence-corrected chi connectivity index (χ0v) is 15.0. The first-order chi connectivity index (χ1) is 14.6. The van der Waals surface area contributed by atoms with E-state index in [0.29, 0.717) is 16.2 Å². The fraction of sp³-hybridized carbons (Fsp3) is 0. The molecule has 3 aromatic carbocycles. The van der Waals surface area contributed by atoms with Crippen molar-refractivity contribution in [2.24, 2.45) is 0 Å². The van der Waals surface area contributed by atoms with Crippen molar-refractivity contribution in [1.82, 2.24) is 4.98 Å². The molecule has 0 saturated heterocycles. The lowest BCUT2D eigenvalue weighted by molar-refractivity contribution is 1.29. The van der Waals surface area contributed by atoms with Crippen LogP contribution in [0.4, 0.5) is 0 Å². The Hall–Kier alpha value is -5.47. The number of nitrogens with zero attached hydrogens (tertiary/aromatic N) is 7. The number of rotatable bonds is 0. The third kappa shape index (κ3) is 2.16. The summed E-state index contributed by atoms with van der Waals surface area (Å²) in [6, 6.07) is 20.0. The van der Waals surface area contributed by atoms with Crippen molar-refractivity contribution in [3.8, 4) is 36.4 Å². The van der Waals surface area contributed by atoms with Crippen LogP contribution in [0.2, 0.25) is 0 Å². The monoisotopic (exact) mass is 379 g/mol. The molecule has 30 heavy (non-hydrogen) atoms. The smallest absolute Gasteiger partial charge is 0.160 e. The first kappa shape index (κ1) is 17.9. The molecular weight excluding hydrogens is 374 g/mol. The van der Waals surface area contributed by atoms with E-state index in [1.165, 1.54) is 6.07 Å². The van der Waals surface area contributed by atoms with Crippen LogP contribution < -0.4 is 0 Å². The Morgan fingerprint density at radius 2 is 1.17 bits per heavy atom. The van der Waals surface area contributed by atoms with Gasteiger partial charge < -0.3 is 0 Å². The Morgan fingerprint density at radius 1 is 0.567 bits per heavy atom. The van der Waals surface area contributed by atoms with Gasteiger partial charge in [0.15, 0.2) is 5.69 Å². The van der Waals surface area contributed by atoms with Crippen LogP contribution in [0.3, 0.4) is 0 Å². The van der Waals surface area contributed by atoms with Gasteiger partial charge in [-0.2, -0.15) is 31.6 Å². The van der Waals surface area contributed by atoms with Gasteiger partial charge in [-0.1, -0.05) is 24.3 Å². The minimum absolute atomic E-state index is 0.0340. The maximum Gasteiger partial charge on any atom is 0.160 e. The highest BCUT2D eigenvalue weighted by atomic mass is 14.7. The molecule has 0 unspecified atom stereocenters. The molecule has 0 spiro atoms. The minimum atomic E-state index is -0.198. The summed E-state index contributed by atoms with van der Waals surface area (Å²) < 4.78 is 0. The third-order valence-corrected chi connectivity index (χ3v) is 4.92. The normalized spacial score (nSPS) is 9.80. The molecule has 7 nitrogen and oxygen atoms in total. The predicted molar refractivity (Wildman–Crippen MR) is 105 cm³/mol. The molecule has 4 rings (SSSR count). The van der Waals surface area contributed by atoms with Crippen LogP contribution in [0.25, 0.3) is 32.4 Å². The lowest BCUT2D eigenvalue weighted by Crippen LogP contribution is -2.01. The largest absolute Gasteiger partial charge is 0.235 e. The molecule has 0 fully saturated rings. The van der Waals surface area contributed by atoms with Gasteiger partial charge in [0.2, 0.25) is 0 Å². The topological polar surface area (TPSA) is 156 Å². The maximum absolute atomic E-state index is 9.86. The average Bonchev–Trinajstić information content (AvgIpc) is 2.80. The van der Waals surface area contributed by atoms with Crippen molar-refractivity contribution in [2.75, 3.05) is 0 Å². The Balaban J connectivity index is 2.57. The molecule has 0 N–H and O–H groups in total. The van der Waals surface area contributed by atoms with E-state index in [0.717, 1.165) is 0 Å². The Morgan fingerprint density at radius 3 is 1.73 bits per heavy atom. The molecule has 0 saturated carbocycles.